The van der Waals surface area contributed by atoms with Crippen LogP contribution in [0, 0.1) is 10.1 Å². The smallest absolute Gasteiger partial charge is 0.269 e. The summed E-state index contributed by atoms with van der Waals surface area (Å²) in [5.74, 6) is 0.167. The number of non-ortho nitro benzene ring substituents is 1. The molecular formula is C17H19ClN2O2. The predicted molar refractivity (Wildman–Crippen MR) is 89.6 cm³/mol. The van der Waals surface area contributed by atoms with Gasteiger partial charge in [0.15, 0.2) is 0 Å². The van der Waals surface area contributed by atoms with Crippen molar-refractivity contribution in [1.82, 2.24) is 4.90 Å². The van der Waals surface area contributed by atoms with Crippen LogP contribution in [0.4, 0.5) is 5.69 Å². The summed E-state index contributed by atoms with van der Waals surface area (Å²) in [6, 6.07) is 15.8. The minimum atomic E-state index is -0.314. The van der Waals surface area contributed by atoms with E-state index in [0.717, 1.165) is 12.1 Å². The van der Waals surface area contributed by atoms with E-state index in [1.807, 2.05) is 24.3 Å². The van der Waals surface area contributed by atoms with E-state index < -0.39 is 0 Å². The summed E-state index contributed by atoms with van der Waals surface area (Å²) in [5, 5.41) is 11.1. The molecule has 0 unspecified atom stereocenters. The number of nitro groups is 1. The van der Waals surface area contributed by atoms with Gasteiger partial charge in [0.05, 0.1) is 4.92 Å². The second kappa shape index (κ2) is 6.46. The van der Waals surface area contributed by atoms with Crippen LogP contribution in [0.1, 0.15) is 29.5 Å². The van der Waals surface area contributed by atoms with Gasteiger partial charge in [-0.3, -0.25) is 15.0 Å². The molecule has 1 aliphatic heterocycles. The average Bonchev–Trinajstić information content (AvgIpc) is 2.49. The van der Waals surface area contributed by atoms with Crippen LogP contribution < -0.4 is 0 Å². The number of fused-ring (bicyclic) bond motifs is 1. The van der Waals surface area contributed by atoms with Gasteiger partial charge in [-0.25, -0.2) is 0 Å². The number of nitro benzene ring substituents is 1. The Balaban J connectivity index is 0.00000176. The van der Waals surface area contributed by atoms with Crippen molar-refractivity contribution >= 4 is 18.1 Å². The van der Waals surface area contributed by atoms with Crippen molar-refractivity contribution in [2.45, 2.75) is 25.4 Å². The monoisotopic (exact) mass is 318 g/mol. The number of rotatable bonds is 2. The SMILES string of the molecule is C[C@H]1[C@H](c2ccccc2)c2cc([N+](=O)[O-])ccc2CN1C.Cl. The molecule has 5 heteroatoms. The van der Waals surface area contributed by atoms with Crippen molar-refractivity contribution < 1.29 is 4.92 Å². The Labute approximate surface area is 136 Å². The topological polar surface area (TPSA) is 46.4 Å². The highest BCUT2D eigenvalue weighted by molar-refractivity contribution is 5.85. The zero-order chi connectivity index (χ0) is 15.0. The van der Waals surface area contributed by atoms with Crippen molar-refractivity contribution in [1.29, 1.82) is 0 Å². The Morgan fingerprint density at radius 1 is 1.18 bits per heavy atom. The lowest BCUT2D eigenvalue weighted by atomic mass is 9.79. The van der Waals surface area contributed by atoms with Crippen molar-refractivity contribution in [2.24, 2.45) is 0 Å². The lowest BCUT2D eigenvalue weighted by Crippen LogP contribution is -2.39. The van der Waals surface area contributed by atoms with Gasteiger partial charge in [0.25, 0.3) is 5.69 Å². The quantitative estimate of drug-likeness (QED) is 0.621. The maximum atomic E-state index is 11.1. The minimum Gasteiger partial charge on any atom is -0.298 e. The molecule has 2 aromatic carbocycles. The fourth-order valence-electron chi connectivity index (χ4n) is 3.17. The van der Waals surface area contributed by atoms with E-state index in [9.17, 15) is 10.1 Å². The maximum absolute atomic E-state index is 11.1. The summed E-state index contributed by atoms with van der Waals surface area (Å²) in [5.41, 5.74) is 3.64. The van der Waals surface area contributed by atoms with Crippen LogP contribution in [-0.2, 0) is 6.54 Å². The normalized spacial score (nSPS) is 20.8. The summed E-state index contributed by atoms with van der Waals surface area (Å²) in [7, 11) is 2.10. The highest BCUT2D eigenvalue weighted by Crippen LogP contribution is 2.38. The van der Waals surface area contributed by atoms with Gasteiger partial charge >= 0.3 is 0 Å². The molecule has 0 fully saturated rings. The van der Waals surface area contributed by atoms with E-state index in [4.69, 9.17) is 0 Å². The molecule has 0 saturated heterocycles. The first-order chi connectivity index (χ1) is 10.1. The van der Waals surface area contributed by atoms with Crippen LogP contribution in [0.3, 0.4) is 0 Å². The Morgan fingerprint density at radius 2 is 1.86 bits per heavy atom. The van der Waals surface area contributed by atoms with Crippen LogP contribution in [0.2, 0.25) is 0 Å². The van der Waals surface area contributed by atoms with E-state index in [0.29, 0.717) is 6.04 Å². The van der Waals surface area contributed by atoms with Gasteiger partial charge in [0.1, 0.15) is 0 Å². The van der Waals surface area contributed by atoms with Gasteiger partial charge in [-0.1, -0.05) is 36.4 Å². The molecule has 4 nitrogen and oxygen atoms in total. The lowest BCUT2D eigenvalue weighted by Gasteiger charge is -2.38. The third-order valence-corrected chi connectivity index (χ3v) is 4.43. The first kappa shape index (κ1) is 16.5. The molecule has 0 aliphatic carbocycles. The summed E-state index contributed by atoms with van der Waals surface area (Å²) in [4.78, 5) is 13.1. The van der Waals surface area contributed by atoms with Gasteiger partial charge < -0.3 is 0 Å². The number of hydrogen-bond acceptors (Lipinski definition) is 3. The third-order valence-electron chi connectivity index (χ3n) is 4.43. The van der Waals surface area contributed by atoms with Crippen molar-refractivity contribution in [3.63, 3.8) is 0 Å². The van der Waals surface area contributed by atoms with Crippen LogP contribution >= 0.6 is 12.4 Å². The fourth-order valence-corrected chi connectivity index (χ4v) is 3.17. The molecule has 2 atom stereocenters. The summed E-state index contributed by atoms with van der Waals surface area (Å²) >= 11 is 0. The highest BCUT2D eigenvalue weighted by Gasteiger charge is 2.32. The van der Waals surface area contributed by atoms with Crippen LogP contribution in [0.5, 0.6) is 0 Å². The van der Waals surface area contributed by atoms with E-state index in [1.54, 1.807) is 12.1 Å². The zero-order valence-corrected chi connectivity index (χ0v) is 13.4. The number of likely N-dealkylation sites (N-methyl/N-ethyl adjacent to an activating group) is 1. The van der Waals surface area contributed by atoms with Gasteiger partial charge in [-0.15, -0.1) is 12.4 Å². The second-order valence-electron chi connectivity index (χ2n) is 5.68. The Hall–Kier alpha value is -1.91. The first-order valence-corrected chi connectivity index (χ1v) is 7.10. The number of benzene rings is 2. The largest absolute Gasteiger partial charge is 0.298 e. The van der Waals surface area contributed by atoms with Crippen molar-refractivity contribution in [3.8, 4) is 0 Å². The predicted octanol–water partition coefficient (Wildman–Crippen LogP) is 3.98. The molecule has 2 aromatic rings. The lowest BCUT2D eigenvalue weighted by molar-refractivity contribution is -0.385. The van der Waals surface area contributed by atoms with E-state index in [1.165, 1.54) is 11.1 Å². The molecule has 0 bridgehead atoms. The second-order valence-corrected chi connectivity index (χ2v) is 5.68. The summed E-state index contributed by atoms with van der Waals surface area (Å²) < 4.78 is 0. The standard InChI is InChI=1S/C17H18N2O2.ClH/c1-12-17(13-6-4-3-5-7-13)16-10-15(19(20)21)9-8-14(16)11-18(12)2;/h3-10,12,17H,11H2,1-2H3;1H/t12-,17+;/m0./s1. The number of nitrogens with zero attached hydrogens (tertiary/aromatic N) is 2. The summed E-state index contributed by atoms with van der Waals surface area (Å²) in [6.07, 6.45) is 0. The van der Waals surface area contributed by atoms with Crippen LogP contribution in [0.15, 0.2) is 48.5 Å². The molecule has 116 valence electrons. The van der Waals surface area contributed by atoms with E-state index in [2.05, 4.69) is 31.0 Å². The molecule has 0 N–H and O–H groups in total. The molecule has 0 radical (unpaired) electrons. The van der Waals surface area contributed by atoms with Crippen LogP contribution in [0.25, 0.3) is 0 Å². The molecule has 0 spiro atoms. The molecule has 0 aromatic heterocycles. The van der Waals surface area contributed by atoms with Gasteiger partial charge in [0.2, 0.25) is 0 Å². The molecule has 1 heterocycles. The molecular weight excluding hydrogens is 300 g/mol. The Kier molecular flexibility index (Phi) is 4.84. The van der Waals surface area contributed by atoms with Gasteiger partial charge in [-0.2, -0.15) is 0 Å². The van der Waals surface area contributed by atoms with Gasteiger partial charge in [-0.05, 0) is 30.7 Å². The number of halogens is 1. The number of hydrogen-bond donors (Lipinski definition) is 0. The molecule has 0 saturated carbocycles. The zero-order valence-electron chi connectivity index (χ0n) is 12.6. The van der Waals surface area contributed by atoms with Crippen molar-refractivity contribution in [3.05, 3.63) is 75.3 Å². The minimum absolute atomic E-state index is 0. The molecule has 1 aliphatic rings. The van der Waals surface area contributed by atoms with E-state index >= 15 is 0 Å². The van der Waals surface area contributed by atoms with Crippen molar-refractivity contribution in [2.75, 3.05) is 7.05 Å². The highest BCUT2D eigenvalue weighted by atomic mass is 35.5. The third kappa shape index (κ3) is 2.85. The maximum Gasteiger partial charge on any atom is 0.269 e. The summed E-state index contributed by atoms with van der Waals surface area (Å²) in [6.45, 7) is 3.01. The molecule has 22 heavy (non-hydrogen) atoms. The van der Waals surface area contributed by atoms with E-state index in [-0.39, 0.29) is 28.9 Å². The Bertz CT molecular complexity index is 676. The first-order valence-electron chi connectivity index (χ1n) is 7.10. The van der Waals surface area contributed by atoms with Crippen LogP contribution in [-0.4, -0.2) is 22.9 Å². The Morgan fingerprint density at radius 3 is 2.50 bits per heavy atom. The fraction of sp³-hybridized carbons (Fsp3) is 0.294. The van der Waals surface area contributed by atoms with Gasteiger partial charge in [0, 0.05) is 30.6 Å². The average molecular weight is 319 g/mol. The molecule has 0 amide bonds. The molecule has 3 rings (SSSR count).